The fourth-order valence-corrected chi connectivity index (χ4v) is 4.93. The zero-order valence-electron chi connectivity index (χ0n) is 18.0. The van der Waals surface area contributed by atoms with Crippen molar-refractivity contribution >= 4 is 64.9 Å². The predicted octanol–water partition coefficient (Wildman–Crippen LogP) is 3.29. The van der Waals surface area contributed by atoms with Gasteiger partial charge in [0.2, 0.25) is 10.0 Å². The summed E-state index contributed by atoms with van der Waals surface area (Å²) in [5.74, 6) is -1.29. The minimum Gasteiger partial charge on any atom is -0.461 e. The summed E-state index contributed by atoms with van der Waals surface area (Å²) in [6.45, 7) is 1.77. The molecule has 0 aliphatic rings. The number of amides is 1. The molecular formula is C22H17BrN4O6S2. The number of sulfonamides is 1. The molecule has 0 atom stereocenters. The van der Waals surface area contributed by atoms with Crippen LogP contribution in [0.15, 0.2) is 68.1 Å². The number of benzene rings is 2. The zero-order valence-corrected chi connectivity index (χ0v) is 21.2. The van der Waals surface area contributed by atoms with E-state index in [-0.39, 0.29) is 38.5 Å². The number of rotatable bonds is 6. The third-order valence-electron chi connectivity index (χ3n) is 4.86. The van der Waals surface area contributed by atoms with Crippen molar-refractivity contribution in [2.45, 2.75) is 11.8 Å². The molecule has 4 rings (SSSR count). The second-order valence-corrected chi connectivity index (χ2v) is 10.5. The van der Waals surface area contributed by atoms with E-state index in [1.54, 1.807) is 36.6 Å². The first-order valence-corrected chi connectivity index (χ1v) is 13.2. The maximum Gasteiger partial charge on any atom is 0.359 e. The molecule has 0 radical (unpaired) electrons. The molecule has 0 aliphatic heterocycles. The van der Waals surface area contributed by atoms with E-state index >= 15 is 0 Å². The van der Waals surface area contributed by atoms with Crippen LogP contribution in [0.4, 0.5) is 5.00 Å². The Morgan fingerprint density at radius 2 is 1.80 bits per heavy atom. The monoisotopic (exact) mass is 576 g/mol. The number of ether oxygens (including phenoxy) is 1. The largest absolute Gasteiger partial charge is 0.461 e. The first kappa shape index (κ1) is 24.7. The van der Waals surface area contributed by atoms with E-state index in [1.165, 1.54) is 24.3 Å². The molecule has 1 amide bonds. The fraction of sp³-hybridized carbons (Fsp3) is 0.0909. The van der Waals surface area contributed by atoms with E-state index in [0.29, 0.717) is 5.69 Å². The average Bonchev–Trinajstić information content (AvgIpc) is 3.24. The van der Waals surface area contributed by atoms with Crippen molar-refractivity contribution in [1.82, 2.24) is 9.78 Å². The summed E-state index contributed by atoms with van der Waals surface area (Å²) in [6.07, 6.45) is 0. The Morgan fingerprint density at radius 3 is 2.40 bits per heavy atom. The molecule has 2 aromatic heterocycles. The summed E-state index contributed by atoms with van der Waals surface area (Å²) in [6, 6.07) is 11.8. The summed E-state index contributed by atoms with van der Waals surface area (Å²) in [5, 5.41) is 14.1. The van der Waals surface area contributed by atoms with Crippen molar-refractivity contribution < 1.29 is 22.7 Å². The van der Waals surface area contributed by atoms with Gasteiger partial charge in [0.25, 0.3) is 11.5 Å². The quantitative estimate of drug-likeness (QED) is 0.334. The SMILES string of the molecule is CCOC(=O)c1nn(-c2ccc(Br)cc2)c(=O)c2c(NC(=O)c3ccc(S(N)(=O)=O)cc3)scc12. The average molecular weight is 577 g/mol. The lowest BCUT2D eigenvalue weighted by atomic mass is 10.2. The summed E-state index contributed by atoms with van der Waals surface area (Å²) in [4.78, 5) is 38.7. The van der Waals surface area contributed by atoms with Gasteiger partial charge in [0, 0.05) is 20.8 Å². The van der Waals surface area contributed by atoms with E-state index in [0.717, 1.165) is 20.5 Å². The Labute approximate surface area is 211 Å². The van der Waals surface area contributed by atoms with Crippen LogP contribution in [0.25, 0.3) is 16.5 Å². The number of esters is 1. The fourth-order valence-electron chi connectivity index (χ4n) is 3.22. The number of thiophene rings is 1. The molecule has 0 spiro atoms. The molecule has 10 nitrogen and oxygen atoms in total. The van der Waals surface area contributed by atoms with E-state index < -0.39 is 27.5 Å². The summed E-state index contributed by atoms with van der Waals surface area (Å²) < 4.78 is 29.9. The minimum absolute atomic E-state index is 0.0707. The van der Waals surface area contributed by atoms with Crippen LogP contribution in [0.5, 0.6) is 0 Å². The van der Waals surface area contributed by atoms with Crippen molar-refractivity contribution in [2.24, 2.45) is 5.14 Å². The topological polar surface area (TPSA) is 150 Å². The highest BCUT2D eigenvalue weighted by molar-refractivity contribution is 9.10. The standard InChI is InChI=1S/C22H17BrN4O6S2/c1-2-33-22(30)18-16-11-34-20(25-19(28)12-3-9-15(10-4-12)35(24,31)32)17(16)21(29)27(26-18)14-7-5-13(23)6-8-14/h3-11H,2H2,1H3,(H,25,28)(H2,24,31,32). The molecule has 0 fully saturated rings. The van der Waals surface area contributed by atoms with E-state index in [1.807, 2.05) is 0 Å². The molecule has 0 bridgehead atoms. The van der Waals surface area contributed by atoms with Crippen molar-refractivity contribution in [3.8, 4) is 5.69 Å². The van der Waals surface area contributed by atoms with Gasteiger partial charge in [0.05, 0.1) is 22.6 Å². The minimum atomic E-state index is -3.91. The smallest absolute Gasteiger partial charge is 0.359 e. The van der Waals surface area contributed by atoms with Crippen LogP contribution in [-0.4, -0.2) is 36.7 Å². The Balaban J connectivity index is 1.82. The number of carbonyl (C=O) groups excluding carboxylic acids is 2. The lowest BCUT2D eigenvalue weighted by Crippen LogP contribution is -2.25. The normalized spacial score (nSPS) is 11.4. The lowest BCUT2D eigenvalue weighted by molar-refractivity contribution is 0.0520. The highest BCUT2D eigenvalue weighted by Crippen LogP contribution is 2.31. The van der Waals surface area contributed by atoms with Crippen LogP contribution in [0.3, 0.4) is 0 Å². The molecule has 180 valence electrons. The van der Waals surface area contributed by atoms with Crippen LogP contribution in [0.2, 0.25) is 0 Å². The molecule has 3 N–H and O–H groups in total. The third-order valence-corrected chi connectivity index (χ3v) is 7.22. The predicted molar refractivity (Wildman–Crippen MR) is 135 cm³/mol. The number of carbonyl (C=O) groups is 2. The van der Waals surface area contributed by atoms with Gasteiger partial charge in [-0.15, -0.1) is 11.3 Å². The number of fused-ring (bicyclic) bond motifs is 1. The highest BCUT2D eigenvalue weighted by Gasteiger charge is 2.23. The maximum absolute atomic E-state index is 13.4. The Kier molecular flexibility index (Phi) is 6.85. The van der Waals surface area contributed by atoms with Gasteiger partial charge in [-0.2, -0.15) is 9.78 Å². The third kappa shape index (κ3) is 5.03. The molecule has 0 saturated carbocycles. The molecule has 0 aliphatic carbocycles. The van der Waals surface area contributed by atoms with Gasteiger partial charge in [-0.1, -0.05) is 15.9 Å². The van der Waals surface area contributed by atoms with Gasteiger partial charge in [-0.25, -0.2) is 18.4 Å². The first-order chi connectivity index (χ1) is 16.6. The number of nitrogens with zero attached hydrogens (tertiary/aromatic N) is 2. The highest BCUT2D eigenvalue weighted by atomic mass is 79.9. The second-order valence-electron chi connectivity index (χ2n) is 7.14. The molecule has 4 aromatic rings. The number of nitrogens with one attached hydrogen (secondary N) is 1. The summed E-state index contributed by atoms with van der Waals surface area (Å²) in [7, 11) is -3.91. The van der Waals surface area contributed by atoms with Crippen LogP contribution in [0, 0.1) is 0 Å². The van der Waals surface area contributed by atoms with Crippen molar-refractivity contribution in [3.05, 3.63) is 80.0 Å². The maximum atomic E-state index is 13.4. The van der Waals surface area contributed by atoms with Gasteiger partial charge in [-0.05, 0) is 55.5 Å². The molecule has 2 heterocycles. The van der Waals surface area contributed by atoms with E-state index in [9.17, 15) is 22.8 Å². The summed E-state index contributed by atoms with van der Waals surface area (Å²) >= 11 is 4.38. The van der Waals surface area contributed by atoms with Gasteiger partial charge in [-0.3, -0.25) is 9.59 Å². The lowest BCUT2D eigenvalue weighted by Gasteiger charge is -2.10. The number of aromatic nitrogens is 2. The number of hydrogen-bond acceptors (Lipinski definition) is 8. The summed E-state index contributed by atoms with van der Waals surface area (Å²) in [5.41, 5.74) is -0.0605. The van der Waals surface area contributed by atoms with Gasteiger partial charge >= 0.3 is 5.97 Å². The van der Waals surface area contributed by atoms with Gasteiger partial charge < -0.3 is 10.1 Å². The van der Waals surface area contributed by atoms with Crippen LogP contribution in [-0.2, 0) is 14.8 Å². The number of anilines is 1. The number of hydrogen-bond donors (Lipinski definition) is 2. The molecule has 2 aromatic carbocycles. The van der Waals surface area contributed by atoms with Crippen molar-refractivity contribution in [2.75, 3.05) is 11.9 Å². The molecule has 35 heavy (non-hydrogen) atoms. The Morgan fingerprint density at radius 1 is 1.14 bits per heavy atom. The van der Waals surface area contributed by atoms with E-state index in [2.05, 4.69) is 26.3 Å². The Hall–Kier alpha value is -3.39. The van der Waals surface area contributed by atoms with Gasteiger partial charge in [0.15, 0.2) is 5.69 Å². The van der Waals surface area contributed by atoms with Crippen molar-refractivity contribution in [3.63, 3.8) is 0 Å². The molecular weight excluding hydrogens is 560 g/mol. The van der Waals surface area contributed by atoms with Crippen LogP contribution >= 0.6 is 27.3 Å². The molecule has 13 heteroatoms. The second kappa shape index (κ2) is 9.70. The van der Waals surface area contributed by atoms with Crippen molar-refractivity contribution in [1.29, 1.82) is 0 Å². The zero-order chi connectivity index (χ0) is 25.3. The number of halogens is 1. The number of nitrogens with two attached hydrogens (primary N) is 1. The Bertz CT molecular complexity index is 1610. The first-order valence-electron chi connectivity index (χ1n) is 10.0. The van der Waals surface area contributed by atoms with Crippen LogP contribution in [0.1, 0.15) is 27.8 Å². The molecule has 0 saturated heterocycles. The van der Waals surface area contributed by atoms with E-state index in [4.69, 9.17) is 9.88 Å². The van der Waals surface area contributed by atoms with Crippen LogP contribution < -0.4 is 16.0 Å². The molecule has 0 unspecified atom stereocenters. The number of primary sulfonamides is 1. The van der Waals surface area contributed by atoms with Gasteiger partial charge in [0.1, 0.15) is 5.00 Å².